The number of ketones is 1. The third kappa shape index (κ3) is 3.61. The molecule has 2 aromatic carbocycles. The first-order valence-electron chi connectivity index (χ1n) is 7.05. The zero-order valence-corrected chi connectivity index (χ0v) is 13.3. The van der Waals surface area contributed by atoms with Crippen LogP contribution >= 0.6 is 0 Å². The van der Waals surface area contributed by atoms with Gasteiger partial charge in [0, 0.05) is 11.1 Å². The van der Waals surface area contributed by atoms with E-state index in [9.17, 15) is 13.2 Å². The first-order valence-corrected chi connectivity index (χ1v) is 8.49. The Kier molecular flexibility index (Phi) is 4.78. The topological polar surface area (TPSA) is 71.4 Å². The monoisotopic (exact) mass is 318 g/mol. The molecule has 4 nitrogen and oxygen atoms in total. The molecule has 0 aromatic heterocycles. The third-order valence-electron chi connectivity index (χ3n) is 3.77. The van der Waals surface area contributed by atoms with E-state index in [4.69, 9.17) is 4.55 Å². The SMILES string of the molecule is CCC(C)c1ccc(C(=O)c2ccc(S(=O)(=O)O)cc2)cc1. The summed E-state index contributed by atoms with van der Waals surface area (Å²) in [5, 5.41) is 0. The van der Waals surface area contributed by atoms with Crippen LogP contribution in [0.15, 0.2) is 53.4 Å². The van der Waals surface area contributed by atoms with Gasteiger partial charge in [-0.1, -0.05) is 38.1 Å². The lowest BCUT2D eigenvalue weighted by Crippen LogP contribution is -2.03. The molecule has 0 spiro atoms. The molecule has 0 bridgehead atoms. The highest BCUT2D eigenvalue weighted by atomic mass is 32.2. The van der Waals surface area contributed by atoms with Crippen LogP contribution in [0.5, 0.6) is 0 Å². The summed E-state index contributed by atoms with van der Waals surface area (Å²) in [6.07, 6.45) is 1.03. The van der Waals surface area contributed by atoms with Gasteiger partial charge in [0.25, 0.3) is 10.1 Å². The maximum absolute atomic E-state index is 12.3. The van der Waals surface area contributed by atoms with Gasteiger partial charge in [-0.3, -0.25) is 9.35 Å². The molecular formula is C17H18O4S. The second-order valence-corrected chi connectivity index (χ2v) is 6.68. The molecular weight excluding hydrogens is 300 g/mol. The molecule has 2 rings (SSSR count). The molecule has 0 aliphatic rings. The van der Waals surface area contributed by atoms with Crippen LogP contribution in [0.25, 0.3) is 0 Å². The summed E-state index contributed by atoms with van der Waals surface area (Å²) in [5.74, 6) is 0.260. The maximum Gasteiger partial charge on any atom is 0.294 e. The van der Waals surface area contributed by atoms with Gasteiger partial charge in [0.15, 0.2) is 5.78 Å². The zero-order chi connectivity index (χ0) is 16.3. The normalized spacial score (nSPS) is 12.9. The molecule has 0 fully saturated rings. The number of hydrogen-bond acceptors (Lipinski definition) is 3. The van der Waals surface area contributed by atoms with E-state index in [0.29, 0.717) is 17.0 Å². The Balaban J connectivity index is 2.24. The lowest BCUT2D eigenvalue weighted by molar-refractivity contribution is 0.103. The molecule has 0 heterocycles. The van der Waals surface area contributed by atoms with E-state index in [-0.39, 0.29) is 10.7 Å². The fraction of sp³-hybridized carbons (Fsp3) is 0.235. The quantitative estimate of drug-likeness (QED) is 0.674. The number of carbonyl (C=O) groups excluding carboxylic acids is 1. The van der Waals surface area contributed by atoms with Crippen molar-refractivity contribution in [1.82, 2.24) is 0 Å². The molecule has 1 unspecified atom stereocenters. The van der Waals surface area contributed by atoms with E-state index < -0.39 is 10.1 Å². The molecule has 0 saturated carbocycles. The van der Waals surface area contributed by atoms with E-state index in [2.05, 4.69) is 13.8 Å². The lowest BCUT2D eigenvalue weighted by Gasteiger charge is -2.09. The van der Waals surface area contributed by atoms with E-state index in [1.165, 1.54) is 29.8 Å². The average Bonchev–Trinajstić information content (AvgIpc) is 2.53. The molecule has 0 saturated heterocycles. The van der Waals surface area contributed by atoms with Gasteiger partial charge in [-0.15, -0.1) is 0 Å². The average molecular weight is 318 g/mol. The van der Waals surface area contributed by atoms with E-state index in [1.807, 2.05) is 12.1 Å². The smallest absolute Gasteiger partial charge is 0.289 e. The highest BCUT2D eigenvalue weighted by molar-refractivity contribution is 7.85. The van der Waals surface area contributed by atoms with E-state index in [0.717, 1.165) is 6.42 Å². The van der Waals surface area contributed by atoms with Crippen LogP contribution in [0, 0.1) is 0 Å². The Morgan fingerprint density at radius 3 is 1.86 bits per heavy atom. The summed E-state index contributed by atoms with van der Waals surface area (Å²) in [4.78, 5) is 12.1. The van der Waals surface area contributed by atoms with Crippen molar-refractivity contribution in [2.45, 2.75) is 31.1 Å². The number of benzene rings is 2. The minimum atomic E-state index is -4.24. The van der Waals surface area contributed by atoms with Crippen LogP contribution in [0.1, 0.15) is 47.7 Å². The number of hydrogen-bond donors (Lipinski definition) is 1. The minimum absolute atomic E-state index is 0.183. The summed E-state index contributed by atoms with van der Waals surface area (Å²) < 4.78 is 30.9. The van der Waals surface area contributed by atoms with Gasteiger partial charge >= 0.3 is 0 Å². The van der Waals surface area contributed by atoms with Crippen LogP contribution in [0.4, 0.5) is 0 Å². The largest absolute Gasteiger partial charge is 0.294 e. The van der Waals surface area contributed by atoms with Crippen molar-refractivity contribution in [1.29, 1.82) is 0 Å². The Hall–Kier alpha value is -1.98. The molecule has 5 heteroatoms. The summed E-state index contributed by atoms with van der Waals surface area (Å²) in [6.45, 7) is 4.24. The van der Waals surface area contributed by atoms with Gasteiger partial charge in [-0.2, -0.15) is 8.42 Å². The number of carbonyl (C=O) groups is 1. The second-order valence-electron chi connectivity index (χ2n) is 5.26. The van der Waals surface area contributed by atoms with Gasteiger partial charge in [-0.25, -0.2) is 0 Å². The molecule has 1 N–H and O–H groups in total. The summed E-state index contributed by atoms with van der Waals surface area (Å²) in [5.41, 5.74) is 2.11. The third-order valence-corrected chi connectivity index (χ3v) is 4.64. The number of rotatable bonds is 5. The predicted octanol–water partition coefficient (Wildman–Crippen LogP) is 3.68. The Morgan fingerprint density at radius 2 is 1.45 bits per heavy atom. The van der Waals surface area contributed by atoms with Crippen molar-refractivity contribution in [3.63, 3.8) is 0 Å². The summed E-state index contributed by atoms with van der Waals surface area (Å²) in [6, 6.07) is 12.7. The van der Waals surface area contributed by atoms with E-state index >= 15 is 0 Å². The minimum Gasteiger partial charge on any atom is -0.289 e. The summed E-state index contributed by atoms with van der Waals surface area (Å²) >= 11 is 0. The molecule has 0 amide bonds. The Morgan fingerprint density at radius 1 is 1.00 bits per heavy atom. The van der Waals surface area contributed by atoms with Crippen LogP contribution in [0.2, 0.25) is 0 Å². The standard InChI is InChI=1S/C17H18O4S/c1-3-12(2)13-4-6-14(7-5-13)17(18)15-8-10-16(11-9-15)22(19,20)21/h4-12H,3H2,1-2H3,(H,19,20,21). The van der Waals surface area contributed by atoms with Crippen molar-refractivity contribution in [3.05, 3.63) is 65.2 Å². The molecule has 0 aliphatic heterocycles. The van der Waals surface area contributed by atoms with Gasteiger partial charge in [0.2, 0.25) is 0 Å². The summed E-state index contributed by atoms with van der Waals surface area (Å²) in [7, 11) is -4.24. The fourth-order valence-corrected chi connectivity index (χ4v) is 2.62. The fourth-order valence-electron chi connectivity index (χ4n) is 2.14. The zero-order valence-electron chi connectivity index (χ0n) is 12.5. The Labute approximate surface area is 130 Å². The van der Waals surface area contributed by atoms with Crippen molar-refractivity contribution >= 4 is 15.9 Å². The van der Waals surface area contributed by atoms with Crippen molar-refractivity contribution in [3.8, 4) is 0 Å². The predicted molar refractivity (Wildman–Crippen MR) is 84.8 cm³/mol. The van der Waals surface area contributed by atoms with Crippen molar-refractivity contribution < 1.29 is 17.8 Å². The highest BCUT2D eigenvalue weighted by Crippen LogP contribution is 2.20. The van der Waals surface area contributed by atoms with Gasteiger partial charge in [0.05, 0.1) is 4.90 Å². The first kappa shape index (κ1) is 16.4. The lowest BCUT2D eigenvalue weighted by atomic mass is 9.95. The van der Waals surface area contributed by atoms with Gasteiger partial charge < -0.3 is 0 Å². The van der Waals surface area contributed by atoms with Crippen LogP contribution in [-0.4, -0.2) is 18.8 Å². The van der Waals surface area contributed by atoms with Crippen LogP contribution in [0.3, 0.4) is 0 Å². The van der Waals surface area contributed by atoms with Crippen LogP contribution < -0.4 is 0 Å². The first-order chi connectivity index (χ1) is 10.3. The van der Waals surface area contributed by atoms with Gasteiger partial charge in [0.1, 0.15) is 0 Å². The van der Waals surface area contributed by atoms with Crippen molar-refractivity contribution in [2.75, 3.05) is 0 Å². The van der Waals surface area contributed by atoms with Crippen molar-refractivity contribution in [2.24, 2.45) is 0 Å². The van der Waals surface area contributed by atoms with Crippen LogP contribution in [-0.2, 0) is 10.1 Å². The highest BCUT2D eigenvalue weighted by Gasteiger charge is 2.13. The molecule has 22 heavy (non-hydrogen) atoms. The van der Waals surface area contributed by atoms with Gasteiger partial charge in [-0.05, 0) is 42.2 Å². The Bertz CT molecular complexity index is 759. The van der Waals surface area contributed by atoms with E-state index in [1.54, 1.807) is 12.1 Å². The second kappa shape index (κ2) is 6.42. The molecule has 2 aromatic rings. The maximum atomic E-state index is 12.3. The molecule has 0 radical (unpaired) electrons. The molecule has 116 valence electrons. The molecule has 0 aliphatic carbocycles. The molecule has 1 atom stereocenters.